The van der Waals surface area contributed by atoms with Crippen LogP contribution in [0.25, 0.3) is 0 Å². The lowest BCUT2D eigenvalue weighted by molar-refractivity contribution is -0.131. The summed E-state index contributed by atoms with van der Waals surface area (Å²) in [6.07, 6.45) is 4.91. The molecule has 1 aromatic carbocycles. The fraction of sp³-hybridized carbons (Fsp3) is 0.650. The molecular weight excluding hydrogens is 400 g/mol. The molecule has 1 fully saturated rings. The van der Waals surface area contributed by atoms with Gasteiger partial charge >= 0.3 is 0 Å². The topological polar surface area (TPSA) is 75.7 Å². The Morgan fingerprint density at radius 2 is 2.00 bits per heavy atom. The Morgan fingerprint density at radius 1 is 1.32 bits per heavy atom. The quantitative estimate of drug-likeness (QED) is 0.607. The number of rotatable bonds is 9. The van der Waals surface area contributed by atoms with Gasteiger partial charge in [0, 0.05) is 26.3 Å². The lowest BCUT2D eigenvalue weighted by atomic mass is 9.85. The van der Waals surface area contributed by atoms with Gasteiger partial charge < -0.3 is 15.0 Å². The molecule has 1 N–H and O–H groups in total. The van der Waals surface area contributed by atoms with Gasteiger partial charge in [0.05, 0.1) is 11.5 Å². The second kappa shape index (κ2) is 11.6. The van der Waals surface area contributed by atoms with Crippen molar-refractivity contribution in [3.05, 3.63) is 24.3 Å². The number of hydrogen-bond acceptors (Lipinski definition) is 5. The first-order valence-corrected chi connectivity index (χ1v) is 11.5. The van der Waals surface area contributed by atoms with Gasteiger partial charge in [-0.25, -0.2) is 8.42 Å². The third kappa shape index (κ3) is 7.97. The average molecular weight is 433 g/mol. The number of piperidine rings is 1. The van der Waals surface area contributed by atoms with E-state index in [1.54, 1.807) is 29.2 Å². The molecule has 0 bridgehead atoms. The summed E-state index contributed by atoms with van der Waals surface area (Å²) in [5.41, 5.74) is 0. The monoisotopic (exact) mass is 432 g/mol. The highest BCUT2D eigenvalue weighted by Gasteiger charge is 2.23. The summed E-state index contributed by atoms with van der Waals surface area (Å²) < 4.78 is 28.5. The molecule has 1 heterocycles. The van der Waals surface area contributed by atoms with Crippen molar-refractivity contribution in [2.75, 3.05) is 39.5 Å². The predicted molar refractivity (Wildman–Crippen MR) is 114 cm³/mol. The Kier molecular flexibility index (Phi) is 10.3. The largest absolute Gasteiger partial charge is 0.494 e. The van der Waals surface area contributed by atoms with Crippen LogP contribution < -0.4 is 10.1 Å². The molecule has 0 radical (unpaired) electrons. The van der Waals surface area contributed by atoms with E-state index in [9.17, 15) is 13.2 Å². The number of halogens is 1. The van der Waals surface area contributed by atoms with E-state index in [0.29, 0.717) is 37.2 Å². The molecule has 160 valence electrons. The van der Waals surface area contributed by atoms with Crippen molar-refractivity contribution in [3.8, 4) is 5.75 Å². The van der Waals surface area contributed by atoms with E-state index >= 15 is 0 Å². The Hall–Kier alpha value is -1.31. The smallest absolute Gasteiger partial charge is 0.222 e. The van der Waals surface area contributed by atoms with E-state index in [1.165, 1.54) is 19.1 Å². The maximum absolute atomic E-state index is 12.4. The van der Waals surface area contributed by atoms with Gasteiger partial charge in [0.1, 0.15) is 5.75 Å². The Labute approximate surface area is 175 Å². The Balaban J connectivity index is 0.00000392. The van der Waals surface area contributed by atoms with Crippen LogP contribution in [-0.2, 0) is 14.6 Å². The molecule has 1 aliphatic heterocycles. The summed E-state index contributed by atoms with van der Waals surface area (Å²) in [6, 6.07) is 6.40. The summed E-state index contributed by atoms with van der Waals surface area (Å²) in [7, 11) is -1.35. The summed E-state index contributed by atoms with van der Waals surface area (Å²) in [5.74, 6) is 1.81. The number of nitrogens with one attached hydrogen (secondary N) is 1. The maximum atomic E-state index is 12.4. The minimum absolute atomic E-state index is 0. The zero-order chi connectivity index (χ0) is 19.9. The molecule has 1 saturated heterocycles. The molecule has 1 amide bonds. The van der Waals surface area contributed by atoms with Gasteiger partial charge in [-0.05, 0) is 68.5 Å². The van der Waals surface area contributed by atoms with Crippen molar-refractivity contribution >= 4 is 28.2 Å². The molecule has 2 atom stereocenters. The molecule has 2 unspecified atom stereocenters. The van der Waals surface area contributed by atoms with Crippen LogP contribution in [0.2, 0.25) is 0 Å². The lowest BCUT2D eigenvalue weighted by Crippen LogP contribution is -2.36. The first-order chi connectivity index (χ1) is 12.8. The van der Waals surface area contributed by atoms with Crippen LogP contribution in [0.15, 0.2) is 29.2 Å². The van der Waals surface area contributed by atoms with E-state index in [2.05, 4.69) is 12.2 Å². The summed E-state index contributed by atoms with van der Waals surface area (Å²) in [6.45, 7) is 5.42. The first kappa shape index (κ1) is 24.7. The van der Waals surface area contributed by atoms with Crippen molar-refractivity contribution < 1.29 is 17.9 Å². The van der Waals surface area contributed by atoms with E-state index < -0.39 is 9.84 Å². The van der Waals surface area contributed by atoms with E-state index in [-0.39, 0.29) is 23.2 Å². The molecule has 0 aliphatic carbocycles. The first-order valence-electron chi connectivity index (χ1n) is 9.65. The number of carbonyl (C=O) groups excluding carboxylic acids is 1. The average Bonchev–Trinajstić information content (AvgIpc) is 2.65. The number of sulfone groups is 1. The van der Waals surface area contributed by atoms with Crippen molar-refractivity contribution in [1.29, 1.82) is 0 Å². The van der Waals surface area contributed by atoms with Crippen LogP contribution in [0.3, 0.4) is 0 Å². The van der Waals surface area contributed by atoms with Crippen LogP contribution >= 0.6 is 12.4 Å². The number of carbonyl (C=O) groups is 1. The van der Waals surface area contributed by atoms with Crippen molar-refractivity contribution in [2.45, 2.75) is 37.5 Å². The third-order valence-corrected chi connectivity index (χ3v) is 6.35. The zero-order valence-electron chi connectivity index (χ0n) is 17.0. The minimum atomic E-state index is -3.19. The summed E-state index contributed by atoms with van der Waals surface area (Å²) in [5, 5.41) is 3.41. The zero-order valence-corrected chi connectivity index (χ0v) is 18.7. The Bertz CT molecular complexity index is 703. The van der Waals surface area contributed by atoms with Gasteiger partial charge in [-0.2, -0.15) is 0 Å². The molecule has 0 saturated carbocycles. The van der Waals surface area contributed by atoms with Crippen molar-refractivity contribution in [2.24, 2.45) is 11.8 Å². The van der Waals surface area contributed by atoms with Crippen LogP contribution in [0, 0.1) is 11.8 Å². The van der Waals surface area contributed by atoms with E-state index in [1.807, 2.05) is 7.05 Å². The lowest BCUT2D eigenvalue weighted by Gasteiger charge is -2.29. The van der Waals surface area contributed by atoms with Crippen LogP contribution in [0.4, 0.5) is 0 Å². The fourth-order valence-corrected chi connectivity index (χ4v) is 3.99. The van der Waals surface area contributed by atoms with E-state index in [0.717, 1.165) is 19.5 Å². The summed E-state index contributed by atoms with van der Waals surface area (Å²) >= 11 is 0. The van der Waals surface area contributed by atoms with Crippen LogP contribution in [0.1, 0.15) is 32.6 Å². The Morgan fingerprint density at radius 3 is 2.57 bits per heavy atom. The fourth-order valence-electron chi connectivity index (χ4n) is 3.36. The van der Waals surface area contributed by atoms with Gasteiger partial charge in [-0.15, -0.1) is 12.4 Å². The van der Waals surface area contributed by atoms with Crippen molar-refractivity contribution in [3.63, 3.8) is 0 Å². The molecule has 8 heteroatoms. The highest BCUT2D eigenvalue weighted by atomic mass is 35.5. The standard InChI is InChI=1S/C20H32N2O4S.ClH/c1-16(17-6-4-11-21-15-17)14-20(23)22(2)12-5-13-26-18-7-9-19(10-8-18)27(3,24)25;/h7-10,16-17,21H,4-6,11-15H2,1-3H3;1H. The normalized spacial score (nSPS) is 18.0. The molecule has 6 nitrogen and oxygen atoms in total. The van der Waals surface area contributed by atoms with Gasteiger partial charge in [0.15, 0.2) is 9.84 Å². The molecule has 2 rings (SSSR count). The number of hydrogen-bond donors (Lipinski definition) is 1. The predicted octanol–water partition coefficient (Wildman–Crippen LogP) is 2.77. The van der Waals surface area contributed by atoms with Crippen LogP contribution in [0.5, 0.6) is 5.75 Å². The molecular formula is C20H33ClN2O4S. The second-order valence-electron chi connectivity index (χ2n) is 7.55. The molecule has 0 aromatic heterocycles. The molecule has 1 aromatic rings. The third-order valence-electron chi connectivity index (χ3n) is 5.22. The SMILES string of the molecule is CC(CC(=O)N(C)CCCOc1ccc(S(C)(=O)=O)cc1)C1CCCNC1.Cl. The van der Waals surface area contributed by atoms with Gasteiger partial charge in [-0.1, -0.05) is 6.92 Å². The van der Waals surface area contributed by atoms with Crippen molar-refractivity contribution in [1.82, 2.24) is 10.2 Å². The minimum Gasteiger partial charge on any atom is -0.494 e. The van der Waals surface area contributed by atoms with E-state index in [4.69, 9.17) is 4.74 Å². The summed E-state index contributed by atoms with van der Waals surface area (Å²) in [4.78, 5) is 14.5. The number of benzene rings is 1. The highest BCUT2D eigenvalue weighted by molar-refractivity contribution is 7.90. The highest BCUT2D eigenvalue weighted by Crippen LogP contribution is 2.23. The number of nitrogens with zero attached hydrogens (tertiary/aromatic N) is 1. The number of amides is 1. The van der Waals surface area contributed by atoms with Gasteiger partial charge in [-0.3, -0.25) is 4.79 Å². The molecule has 1 aliphatic rings. The molecule has 0 spiro atoms. The number of ether oxygens (including phenoxy) is 1. The van der Waals surface area contributed by atoms with Gasteiger partial charge in [0.2, 0.25) is 5.91 Å². The molecule has 28 heavy (non-hydrogen) atoms. The van der Waals surface area contributed by atoms with Crippen LogP contribution in [-0.4, -0.2) is 58.8 Å². The maximum Gasteiger partial charge on any atom is 0.222 e. The van der Waals surface area contributed by atoms with Gasteiger partial charge in [0.25, 0.3) is 0 Å². The second-order valence-corrected chi connectivity index (χ2v) is 9.56.